The molecule has 16 nitrogen and oxygen atoms in total. The molecule has 0 amide bonds. The molecule has 19 atom stereocenters. The Morgan fingerprint density at radius 2 is 0.931 bits per heavy atom. The van der Waals surface area contributed by atoms with Gasteiger partial charge in [0.1, 0.15) is 12.0 Å². The Hall–Kier alpha value is 1.69. The topological polar surface area (TPSA) is 262 Å². The average Bonchev–Trinajstić information content (AvgIpc) is 1.52. The fraction of sp³-hybridized carbons (Fsp3) is 0.778. The van der Waals surface area contributed by atoms with Gasteiger partial charge < -0.3 is 41.1 Å². The Bertz CT molecular complexity index is 3100. The van der Waals surface area contributed by atoms with E-state index in [1.54, 1.807) is 0 Å². The van der Waals surface area contributed by atoms with Crippen molar-refractivity contribution < 1.29 is 199 Å². The van der Waals surface area contributed by atoms with E-state index in [2.05, 4.69) is 130 Å². The Kier molecular flexibility index (Phi) is 52.5. The first-order valence-corrected chi connectivity index (χ1v) is 42.6. The third-order valence-corrected chi connectivity index (χ3v) is 23.9. The molecule has 0 saturated heterocycles. The summed E-state index contributed by atoms with van der Waals surface area (Å²) >= 11 is 6.18. The summed E-state index contributed by atoms with van der Waals surface area (Å²) in [5.41, 5.74) is -10.2. The van der Waals surface area contributed by atoms with Crippen LogP contribution in [0, 0.1) is 130 Å². The molecule has 0 aromatic carbocycles. The van der Waals surface area contributed by atoms with Gasteiger partial charge in [0.25, 0.3) is 10.1 Å². The molecule has 566 valence electrons. The minimum atomic E-state index is -6.14. The Balaban J connectivity index is -0.00000110. The standard InChI is InChI=1S/C11H16F3NOS2.C10H17N.C10H13N.C10H16O3S.C9H13Br.C9H14O.C2F6O5S2.CH3ClO2S.CN.Al.BrH.K.2Li.4H/c12-11(13,14)18(16,17)15-5-1-2-9-6-8-3-4-10(9)7-8;2*11-5-1-2-9-6-8-3-4-10(9)7-8;1-14(11,12)13-5-4-10-7-8-2-3-9(10)6-8;2*10-4-3-9-6-7-1-2-8(9)5-7;3-1(4,5)14-12-11-13-15(9,10)2(6,7)8;1-5(2,3)4;1-2;;;;;;;;;/h3-4,8-10,15H,1-2,5-7H2;3-4,8-10H,1-2,5-7,11H2;3-4,8-10H,1-2,6-7H2;2-3,8-10H,4-7H2,1H3;1-2,7-9H,3-6H2;1-2,7-10H,3-6H2;;1H3;;;1H;;;;;;;/q;;;;;;;;-1;;;3*+1;;;;-1/p-1. The van der Waals surface area contributed by atoms with Gasteiger partial charge in [0, 0.05) is 46.8 Å². The van der Waals surface area contributed by atoms with Crippen molar-refractivity contribution in [1.82, 2.24) is 4.72 Å². The molecule has 38 heteroatoms. The second kappa shape index (κ2) is 50.6. The maximum Gasteiger partial charge on any atom is 1.00 e. The molecule has 6 fully saturated rings. The minimum absolute atomic E-state index is 0. The first-order valence-electron chi connectivity index (χ1n) is 32.3. The SMILES string of the molecule is BrCCC1CC2C=CC1C2.CS(=O)(=O)Cl.CS(=O)(=O)OCCC1CC2C=CC1C2.N#CCCC1CC2C=CC1C2.NCCCC1CC2C=CC1C2.O=S(=O)(OOOSC(F)(F)F)C(F)(F)F.O=S(=S)(NCCCC1CC2C=CC1C2)C(F)(F)F.OCCC1CC2C=CC1C2.[AlH3].[Br-].[C-]#N.[H-].[K+].[Li+].[Li+]. The van der Waals surface area contributed by atoms with Crippen LogP contribution in [0.4, 0.5) is 39.5 Å². The molecule has 12 aliphatic rings. The predicted molar refractivity (Wildman–Crippen MR) is 369 cm³/mol. The van der Waals surface area contributed by atoms with Gasteiger partial charge in [-0.25, -0.2) is 17.3 Å². The molecule has 19 unspecified atom stereocenters. The van der Waals surface area contributed by atoms with Gasteiger partial charge in [0.2, 0.25) is 9.05 Å². The van der Waals surface area contributed by atoms with Gasteiger partial charge in [-0.1, -0.05) is 93.2 Å². The molecule has 12 rings (SSSR count). The summed E-state index contributed by atoms with van der Waals surface area (Å²) in [7, 11) is -12.4. The minimum Gasteiger partial charge on any atom is -1.00 e. The number of nitrogens with one attached hydrogen (secondary N) is 1. The molecule has 12 bridgehead atoms. The van der Waals surface area contributed by atoms with Gasteiger partial charge in [0.05, 0.1) is 25.2 Å². The summed E-state index contributed by atoms with van der Waals surface area (Å²) < 4.78 is 188. The van der Waals surface area contributed by atoms with Crippen LogP contribution in [0.1, 0.15) is 136 Å². The quantitative estimate of drug-likeness (QED) is 0.0114. The monoisotopic (exact) mass is 1740 g/mol. The number of rotatable bonds is 22. The maximum atomic E-state index is 12.2. The Morgan fingerprint density at radius 3 is 1.20 bits per heavy atom. The number of alkyl halides is 10. The fourth-order valence-electron chi connectivity index (χ4n) is 15.4. The van der Waals surface area contributed by atoms with Crippen molar-refractivity contribution in [3.05, 3.63) is 79.5 Å². The summed E-state index contributed by atoms with van der Waals surface area (Å²) in [4.78, 5) is 0. The van der Waals surface area contributed by atoms with E-state index in [1.807, 2.05) is 4.72 Å². The molecule has 0 aliphatic heterocycles. The number of aliphatic hydroxyl groups is 1. The zero-order chi connectivity index (χ0) is 71.7. The second-order valence-corrected chi connectivity index (χ2v) is 37.4. The van der Waals surface area contributed by atoms with E-state index in [0.29, 0.717) is 49.2 Å². The predicted octanol–water partition coefficient (Wildman–Crippen LogP) is 2.43. The molecule has 12 aliphatic carbocycles. The second-order valence-electron chi connectivity index (χ2n) is 26.5. The van der Waals surface area contributed by atoms with E-state index in [9.17, 15) is 69.0 Å². The van der Waals surface area contributed by atoms with Crippen molar-refractivity contribution >= 4 is 105 Å². The zero-order valence-corrected chi connectivity index (χ0v) is 69.1. The van der Waals surface area contributed by atoms with E-state index in [4.69, 9.17) is 32.1 Å². The average molecular weight is 1740 g/mol. The zero-order valence-electron chi connectivity index (χ0n) is 58.1. The first-order chi connectivity index (χ1) is 44.9. The molecule has 0 spiro atoms. The van der Waals surface area contributed by atoms with Crippen molar-refractivity contribution in [3.63, 3.8) is 0 Å². The third-order valence-electron chi connectivity index (χ3n) is 19.6. The van der Waals surface area contributed by atoms with Crippen LogP contribution in [0.15, 0.2) is 72.9 Å². The Labute approximate surface area is 704 Å². The number of hydrogen-bond donors (Lipinski definition) is 3. The largest absolute Gasteiger partial charge is 1.00 e. The van der Waals surface area contributed by atoms with Crippen molar-refractivity contribution in [2.24, 2.45) is 112 Å². The van der Waals surface area contributed by atoms with Gasteiger partial charge in [-0.15, -0.1) is 4.33 Å². The van der Waals surface area contributed by atoms with Crippen molar-refractivity contribution in [2.45, 2.75) is 151 Å². The smallest absolute Gasteiger partial charge is 1.00 e. The van der Waals surface area contributed by atoms with Crippen LogP contribution < -0.4 is 117 Å². The van der Waals surface area contributed by atoms with Gasteiger partial charge in [0.15, 0.2) is 26.0 Å². The van der Waals surface area contributed by atoms with Crippen LogP contribution in [-0.2, 0) is 67.0 Å². The van der Waals surface area contributed by atoms with Crippen LogP contribution in [0.2, 0.25) is 0 Å². The molecule has 4 N–H and O–H groups in total. The number of halogens is 12. The number of fused-ring (bicyclic) bond motifs is 12. The number of allylic oxidation sites excluding steroid dienone is 12. The number of nitrogens with two attached hydrogens (primary N) is 1. The third kappa shape index (κ3) is 39.6. The van der Waals surface area contributed by atoms with Crippen LogP contribution in [0.5, 0.6) is 0 Å². The van der Waals surface area contributed by atoms with E-state index in [1.165, 1.54) is 95.2 Å². The van der Waals surface area contributed by atoms with Gasteiger partial charge >= 0.3 is 116 Å². The van der Waals surface area contributed by atoms with E-state index < -0.39 is 66.5 Å². The van der Waals surface area contributed by atoms with Crippen molar-refractivity contribution in [3.8, 4) is 6.07 Å². The van der Waals surface area contributed by atoms with Crippen molar-refractivity contribution in [1.29, 1.82) is 10.5 Å². The molecule has 0 radical (unpaired) electrons. The van der Waals surface area contributed by atoms with Gasteiger partial charge in [-0.05, 0) is 247 Å². The number of nitrogens with zero attached hydrogens (tertiary/aromatic N) is 2. The summed E-state index contributed by atoms with van der Waals surface area (Å²) in [5, 5.41) is 27.3. The number of nitriles is 1. The van der Waals surface area contributed by atoms with Crippen molar-refractivity contribution in [2.75, 3.05) is 44.1 Å². The van der Waals surface area contributed by atoms with E-state index >= 15 is 0 Å². The molecular weight excluding hydrogens is 1640 g/mol. The van der Waals surface area contributed by atoms with Crippen LogP contribution in [0.3, 0.4) is 0 Å². The maximum absolute atomic E-state index is 12.2. The van der Waals surface area contributed by atoms with Gasteiger partial charge in [-0.3, -0.25) is 4.18 Å². The molecule has 101 heavy (non-hydrogen) atoms. The fourth-order valence-corrected chi connectivity index (χ4v) is 17.6. The summed E-state index contributed by atoms with van der Waals surface area (Å²) in [5.74, 6) is 14.7. The van der Waals surface area contributed by atoms with Crippen LogP contribution >= 0.6 is 38.7 Å². The first kappa shape index (κ1) is 105. The summed E-state index contributed by atoms with van der Waals surface area (Å²) in [6.07, 6.45) is 55.4. The van der Waals surface area contributed by atoms with Crippen LogP contribution in [-0.4, -0.2) is 113 Å². The molecule has 0 aromatic rings. The summed E-state index contributed by atoms with van der Waals surface area (Å²) in [6.45, 7) is 6.42. The summed E-state index contributed by atoms with van der Waals surface area (Å²) in [6, 6.07) is 2.23. The Morgan fingerprint density at radius 1 is 0.604 bits per heavy atom. The van der Waals surface area contributed by atoms with Gasteiger partial charge in [-0.2, -0.15) is 61.6 Å². The molecule has 0 aromatic heterocycles. The van der Waals surface area contributed by atoms with E-state index in [0.717, 1.165) is 135 Å². The number of aliphatic hydroxyl groups excluding tert-OH is 1. The normalized spacial score (nSPS) is 30.9. The van der Waals surface area contributed by atoms with Crippen LogP contribution in [0.25, 0.3) is 0 Å². The molecule has 0 heterocycles. The molecule has 6 saturated carbocycles. The molecular formula is C63H96AlBr2ClF9KLi2N4O12S6. The van der Waals surface area contributed by atoms with E-state index in [-0.39, 0.29) is 131 Å². The number of hydrogen-bond acceptors (Lipinski definition) is 17.